The van der Waals surface area contributed by atoms with E-state index in [-0.39, 0.29) is 30.6 Å². The maximum Gasteiger partial charge on any atom is 0.150 e. The fourth-order valence-electron chi connectivity index (χ4n) is 2.53. The van der Waals surface area contributed by atoms with Crippen molar-refractivity contribution in [2.24, 2.45) is 11.3 Å². The number of hydrogen-bond acceptors (Lipinski definition) is 6. The summed E-state index contributed by atoms with van der Waals surface area (Å²) in [5.41, 5.74) is 1.71. The van der Waals surface area contributed by atoms with Crippen LogP contribution in [0.5, 0.6) is 0 Å². The van der Waals surface area contributed by atoms with Crippen molar-refractivity contribution in [3.8, 4) is 0 Å². The standard InChI is InChI=1S/C11H17NO4S2/c13-6-11(7-14,3-10-4-17-8-12-10)9-1-2-18(15,16)5-9/h4,8-9,13-14H,1-3,5-7H2. The Morgan fingerprint density at radius 2 is 2.17 bits per heavy atom. The predicted molar refractivity (Wildman–Crippen MR) is 69.2 cm³/mol. The molecule has 5 nitrogen and oxygen atoms in total. The van der Waals surface area contributed by atoms with E-state index < -0.39 is 15.3 Å². The molecule has 0 aromatic carbocycles. The van der Waals surface area contributed by atoms with Gasteiger partial charge in [-0.2, -0.15) is 0 Å². The van der Waals surface area contributed by atoms with Gasteiger partial charge in [0, 0.05) is 17.2 Å². The predicted octanol–water partition coefficient (Wildman–Crippen LogP) is 0.0913. The Morgan fingerprint density at radius 1 is 1.44 bits per heavy atom. The zero-order valence-electron chi connectivity index (χ0n) is 9.95. The molecule has 1 atom stereocenters. The van der Waals surface area contributed by atoms with Crippen molar-refractivity contribution >= 4 is 21.2 Å². The van der Waals surface area contributed by atoms with Gasteiger partial charge in [0.1, 0.15) is 0 Å². The third-order valence-corrected chi connectivity index (χ3v) is 6.15. The largest absolute Gasteiger partial charge is 0.396 e. The van der Waals surface area contributed by atoms with Gasteiger partial charge in [0.25, 0.3) is 0 Å². The van der Waals surface area contributed by atoms with E-state index in [4.69, 9.17) is 0 Å². The van der Waals surface area contributed by atoms with Gasteiger partial charge in [-0.05, 0) is 12.3 Å². The minimum absolute atomic E-state index is 0.0538. The number of hydrogen-bond donors (Lipinski definition) is 2. The molecule has 102 valence electrons. The highest BCUT2D eigenvalue weighted by Gasteiger charge is 2.44. The summed E-state index contributed by atoms with van der Waals surface area (Å²) in [6.45, 7) is -0.442. The third-order valence-electron chi connectivity index (χ3n) is 3.74. The maximum absolute atomic E-state index is 11.5. The number of rotatable bonds is 5. The Labute approximate surface area is 110 Å². The summed E-state index contributed by atoms with van der Waals surface area (Å²) in [6.07, 6.45) is 0.928. The number of aliphatic hydroxyl groups excluding tert-OH is 2. The second-order valence-electron chi connectivity index (χ2n) is 4.94. The van der Waals surface area contributed by atoms with Gasteiger partial charge in [0.15, 0.2) is 9.84 Å². The molecule has 1 aliphatic heterocycles. The van der Waals surface area contributed by atoms with E-state index in [0.29, 0.717) is 12.8 Å². The summed E-state index contributed by atoms with van der Waals surface area (Å²) >= 11 is 1.45. The Kier molecular flexibility index (Phi) is 4.05. The van der Waals surface area contributed by atoms with Crippen molar-refractivity contribution in [1.29, 1.82) is 0 Å². The smallest absolute Gasteiger partial charge is 0.150 e. The molecule has 0 radical (unpaired) electrons. The second-order valence-corrected chi connectivity index (χ2v) is 7.88. The summed E-state index contributed by atoms with van der Waals surface area (Å²) < 4.78 is 23.1. The van der Waals surface area contributed by atoms with Crippen LogP contribution in [0.15, 0.2) is 10.9 Å². The Balaban J connectivity index is 2.21. The van der Waals surface area contributed by atoms with Gasteiger partial charge in [0.2, 0.25) is 0 Å². The van der Waals surface area contributed by atoms with Crippen molar-refractivity contribution in [3.05, 3.63) is 16.6 Å². The van der Waals surface area contributed by atoms with Crippen molar-refractivity contribution < 1.29 is 18.6 Å². The van der Waals surface area contributed by atoms with Crippen molar-refractivity contribution in [2.45, 2.75) is 12.8 Å². The van der Waals surface area contributed by atoms with Crippen molar-refractivity contribution in [3.63, 3.8) is 0 Å². The quantitative estimate of drug-likeness (QED) is 0.803. The molecule has 2 N–H and O–H groups in total. The molecule has 2 rings (SSSR count). The minimum Gasteiger partial charge on any atom is -0.396 e. The minimum atomic E-state index is -3.02. The van der Waals surface area contributed by atoms with Gasteiger partial charge in [-0.1, -0.05) is 0 Å². The Bertz CT molecular complexity index is 479. The van der Waals surface area contributed by atoms with Gasteiger partial charge in [-0.15, -0.1) is 11.3 Å². The van der Waals surface area contributed by atoms with Crippen LogP contribution in [0.25, 0.3) is 0 Å². The molecule has 1 aromatic heterocycles. The zero-order valence-corrected chi connectivity index (χ0v) is 11.6. The fourth-order valence-corrected chi connectivity index (χ4v) is 5.03. The van der Waals surface area contributed by atoms with E-state index in [1.807, 2.05) is 5.38 Å². The first-order valence-corrected chi connectivity index (χ1v) is 8.57. The zero-order chi connectivity index (χ0) is 13.2. The van der Waals surface area contributed by atoms with Crippen LogP contribution in [0.4, 0.5) is 0 Å². The molecular weight excluding hydrogens is 274 g/mol. The van der Waals surface area contributed by atoms with Crippen molar-refractivity contribution in [1.82, 2.24) is 4.98 Å². The topological polar surface area (TPSA) is 87.5 Å². The molecule has 1 aromatic rings. The summed E-state index contributed by atoms with van der Waals surface area (Å²) in [6, 6.07) is 0. The number of nitrogens with zero attached hydrogens (tertiary/aromatic N) is 1. The normalized spacial score (nSPS) is 23.3. The number of aliphatic hydroxyl groups is 2. The number of thiazole rings is 1. The first-order chi connectivity index (χ1) is 8.51. The van der Waals surface area contributed by atoms with E-state index in [0.717, 1.165) is 5.69 Å². The third kappa shape index (κ3) is 2.74. The highest BCUT2D eigenvalue weighted by molar-refractivity contribution is 7.91. The fraction of sp³-hybridized carbons (Fsp3) is 0.727. The lowest BCUT2D eigenvalue weighted by Crippen LogP contribution is -2.41. The molecule has 0 aliphatic carbocycles. The molecule has 18 heavy (non-hydrogen) atoms. The number of aromatic nitrogens is 1. The molecule has 0 spiro atoms. The lowest BCUT2D eigenvalue weighted by Gasteiger charge is -2.34. The van der Waals surface area contributed by atoms with Crippen LogP contribution in [0.2, 0.25) is 0 Å². The van der Waals surface area contributed by atoms with Crippen LogP contribution >= 0.6 is 11.3 Å². The maximum atomic E-state index is 11.5. The van der Waals surface area contributed by atoms with Gasteiger partial charge in [0.05, 0.1) is 35.9 Å². The second kappa shape index (κ2) is 5.24. The summed E-state index contributed by atoms with van der Waals surface area (Å²) in [7, 11) is -3.02. The van der Waals surface area contributed by atoms with E-state index in [9.17, 15) is 18.6 Å². The lowest BCUT2D eigenvalue weighted by atomic mass is 9.73. The van der Waals surface area contributed by atoms with E-state index >= 15 is 0 Å². The summed E-state index contributed by atoms with van der Waals surface area (Å²) in [5, 5.41) is 21.1. The molecular formula is C11H17NO4S2. The molecule has 1 unspecified atom stereocenters. The Morgan fingerprint density at radius 3 is 2.61 bits per heavy atom. The van der Waals surface area contributed by atoms with Crippen LogP contribution in [0.3, 0.4) is 0 Å². The number of sulfone groups is 1. The highest BCUT2D eigenvalue weighted by Crippen LogP contribution is 2.38. The molecule has 7 heteroatoms. The SMILES string of the molecule is O=S1(=O)CCC(C(CO)(CO)Cc2cscn2)C1. The summed E-state index contributed by atoms with van der Waals surface area (Å²) in [4.78, 5) is 4.15. The molecule has 0 amide bonds. The average molecular weight is 291 g/mol. The van der Waals surface area contributed by atoms with Crippen LogP contribution in [0, 0.1) is 11.3 Å². The van der Waals surface area contributed by atoms with E-state index in [2.05, 4.69) is 4.98 Å². The highest BCUT2D eigenvalue weighted by atomic mass is 32.2. The van der Waals surface area contributed by atoms with Crippen molar-refractivity contribution in [2.75, 3.05) is 24.7 Å². The van der Waals surface area contributed by atoms with Gasteiger partial charge >= 0.3 is 0 Å². The Hall–Kier alpha value is -0.500. The molecule has 1 aliphatic rings. The van der Waals surface area contributed by atoms with Crippen LogP contribution in [-0.2, 0) is 16.3 Å². The average Bonchev–Trinajstić information content (AvgIpc) is 2.95. The lowest BCUT2D eigenvalue weighted by molar-refractivity contribution is 0.0118. The first-order valence-electron chi connectivity index (χ1n) is 5.80. The summed E-state index contributed by atoms with van der Waals surface area (Å²) in [5.74, 6) is 0.00793. The van der Waals surface area contributed by atoms with Crippen LogP contribution in [-0.4, -0.2) is 48.3 Å². The molecule has 1 fully saturated rings. The van der Waals surface area contributed by atoms with E-state index in [1.165, 1.54) is 11.3 Å². The van der Waals surface area contributed by atoms with Crippen LogP contribution < -0.4 is 0 Å². The first kappa shape index (κ1) is 13.9. The van der Waals surface area contributed by atoms with Gasteiger partial charge < -0.3 is 10.2 Å². The molecule has 0 saturated carbocycles. The molecule has 1 saturated heterocycles. The molecule has 0 bridgehead atoms. The monoisotopic (exact) mass is 291 g/mol. The molecule has 2 heterocycles. The van der Waals surface area contributed by atoms with Gasteiger partial charge in [-0.3, -0.25) is 0 Å². The van der Waals surface area contributed by atoms with E-state index in [1.54, 1.807) is 5.51 Å². The van der Waals surface area contributed by atoms with Gasteiger partial charge in [-0.25, -0.2) is 13.4 Å². The van der Waals surface area contributed by atoms with Crippen LogP contribution in [0.1, 0.15) is 12.1 Å².